The van der Waals surface area contributed by atoms with Crippen LogP contribution in [0.25, 0.3) is 22.2 Å². The second-order valence-electron chi connectivity index (χ2n) is 7.99. The van der Waals surface area contributed by atoms with Gasteiger partial charge in [0.1, 0.15) is 0 Å². The van der Waals surface area contributed by atoms with Crippen LogP contribution in [0.5, 0.6) is 11.5 Å². The molecule has 1 fully saturated rings. The molecule has 0 saturated heterocycles. The van der Waals surface area contributed by atoms with Crippen LogP contribution in [0.15, 0.2) is 42.6 Å². The largest absolute Gasteiger partial charge is 0.504 e. The Labute approximate surface area is 181 Å². The monoisotopic (exact) mass is 420 g/mol. The highest BCUT2D eigenvalue weighted by Crippen LogP contribution is 2.32. The zero-order valence-electron chi connectivity index (χ0n) is 17.7. The molecule has 31 heavy (non-hydrogen) atoms. The highest BCUT2D eigenvalue weighted by Gasteiger charge is 2.15. The van der Waals surface area contributed by atoms with E-state index in [0.29, 0.717) is 17.1 Å². The zero-order chi connectivity index (χ0) is 21.6. The molecule has 2 amide bonds. The molecule has 1 aliphatic carbocycles. The number of aromatic hydroxyl groups is 1. The van der Waals surface area contributed by atoms with Crippen molar-refractivity contribution in [3.05, 3.63) is 42.6 Å². The van der Waals surface area contributed by atoms with Crippen molar-refractivity contribution in [3.8, 4) is 22.6 Å². The fourth-order valence-electron chi connectivity index (χ4n) is 4.05. The average molecular weight is 421 g/mol. The van der Waals surface area contributed by atoms with Gasteiger partial charge in [-0.15, -0.1) is 0 Å². The third kappa shape index (κ3) is 5.23. The number of ether oxygens (including phenoxy) is 1. The van der Waals surface area contributed by atoms with E-state index >= 15 is 0 Å². The number of carbonyl (C=O) groups is 1. The van der Waals surface area contributed by atoms with Gasteiger partial charge in [-0.05, 0) is 48.2 Å². The number of nitrogens with zero attached hydrogens (tertiary/aromatic N) is 2. The summed E-state index contributed by atoms with van der Waals surface area (Å²) in [5.41, 5.74) is 3.21. The number of nitrogens with one attached hydrogen (secondary N) is 2. The normalized spacial score (nSPS) is 15.1. The smallest absolute Gasteiger partial charge is 0.320 e. The Kier molecular flexibility index (Phi) is 6.50. The van der Waals surface area contributed by atoms with Crippen molar-refractivity contribution in [2.45, 2.75) is 51.0 Å². The first-order valence-electron chi connectivity index (χ1n) is 10.8. The van der Waals surface area contributed by atoms with Crippen molar-refractivity contribution in [1.29, 1.82) is 0 Å². The molecule has 1 saturated carbocycles. The zero-order valence-corrected chi connectivity index (χ0v) is 17.7. The molecule has 3 N–H and O–H groups in total. The predicted molar refractivity (Wildman–Crippen MR) is 121 cm³/mol. The van der Waals surface area contributed by atoms with Crippen LogP contribution in [-0.2, 0) is 0 Å². The number of aromatic nitrogens is 2. The summed E-state index contributed by atoms with van der Waals surface area (Å²) in [4.78, 5) is 21.5. The Hall–Kier alpha value is -3.35. The minimum atomic E-state index is -0.237. The molecular weight excluding hydrogens is 392 g/mol. The lowest BCUT2D eigenvalue weighted by atomic mass is 9.97. The predicted octanol–water partition coefficient (Wildman–Crippen LogP) is 5.25. The van der Waals surface area contributed by atoms with Crippen molar-refractivity contribution >= 4 is 22.9 Å². The van der Waals surface area contributed by atoms with Crippen molar-refractivity contribution in [3.63, 3.8) is 0 Å². The van der Waals surface area contributed by atoms with Gasteiger partial charge in [-0.3, -0.25) is 10.3 Å². The summed E-state index contributed by atoms with van der Waals surface area (Å²) in [7, 11) is 1.52. The number of carbonyl (C=O) groups excluding carboxylic acids is 1. The number of phenolic OH excluding ortho intramolecular Hbond substituents is 1. The molecule has 0 atom stereocenters. The molecule has 0 radical (unpaired) electrons. The number of urea groups is 1. The highest BCUT2D eigenvalue weighted by molar-refractivity contribution is 5.90. The molecule has 7 nitrogen and oxygen atoms in total. The lowest BCUT2D eigenvalue weighted by Crippen LogP contribution is -2.38. The van der Waals surface area contributed by atoms with E-state index in [2.05, 4.69) is 20.6 Å². The fourth-order valence-corrected chi connectivity index (χ4v) is 4.05. The standard InChI is InChI=1S/C24H28N4O3/c1-31-22-14-17(10-12-21(22)29)16-9-11-19-20(13-16)27-23(15-25-19)28-24(30)26-18-7-5-3-2-4-6-8-18/h9-15,18,29H,2-8H2,1H3,(H2,26,27,28,30). The number of phenols is 1. The van der Waals surface area contributed by atoms with Crippen LogP contribution in [0.2, 0.25) is 0 Å². The average Bonchev–Trinajstić information content (AvgIpc) is 2.75. The van der Waals surface area contributed by atoms with Gasteiger partial charge in [0, 0.05) is 6.04 Å². The first kappa shape index (κ1) is 20.9. The molecule has 1 aromatic heterocycles. The SMILES string of the molecule is COc1cc(-c2ccc3ncc(NC(=O)NC4CCCCCCC4)nc3c2)ccc1O. The van der Waals surface area contributed by atoms with Gasteiger partial charge in [-0.1, -0.05) is 44.2 Å². The first-order valence-corrected chi connectivity index (χ1v) is 10.8. The number of hydrogen-bond acceptors (Lipinski definition) is 5. The third-order valence-corrected chi connectivity index (χ3v) is 5.74. The topological polar surface area (TPSA) is 96.4 Å². The van der Waals surface area contributed by atoms with Crippen LogP contribution in [0.4, 0.5) is 10.6 Å². The summed E-state index contributed by atoms with van der Waals surface area (Å²) in [5, 5.41) is 15.7. The van der Waals surface area contributed by atoms with E-state index in [1.807, 2.05) is 24.3 Å². The van der Waals surface area contributed by atoms with Crippen molar-refractivity contribution < 1.29 is 14.6 Å². The Morgan fingerprint density at radius 3 is 2.48 bits per heavy atom. The summed E-state index contributed by atoms with van der Waals surface area (Å²) < 4.78 is 5.20. The van der Waals surface area contributed by atoms with Gasteiger partial charge < -0.3 is 15.2 Å². The summed E-state index contributed by atoms with van der Waals surface area (Å²) in [6, 6.07) is 10.9. The summed E-state index contributed by atoms with van der Waals surface area (Å²) in [6.45, 7) is 0. The van der Waals surface area contributed by atoms with E-state index in [1.165, 1.54) is 26.4 Å². The Morgan fingerprint density at radius 1 is 1.00 bits per heavy atom. The first-order chi connectivity index (χ1) is 15.1. The maximum atomic E-state index is 12.5. The van der Waals surface area contributed by atoms with Crippen molar-refractivity contribution in [1.82, 2.24) is 15.3 Å². The molecule has 7 heteroatoms. The summed E-state index contributed by atoms with van der Waals surface area (Å²) in [6.07, 6.45) is 9.72. The number of rotatable bonds is 4. The van der Waals surface area contributed by atoms with E-state index < -0.39 is 0 Å². The van der Waals surface area contributed by atoms with Gasteiger partial charge in [0.15, 0.2) is 17.3 Å². The Morgan fingerprint density at radius 2 is 1.71 bits per heavy atom. The van der Waals surface area contributed by atoms with E-state index in [-0.39, 0.29) is 17.8 Å². The lowest BCUT2D eigenvalue weighted by Gasteiger charge is -2.21. The van der Waals surface area contributed by atoms with E-state index in [1.54, 1.807) is 18.3 Å². The fraction of sp³-hybridized carbons (Fsp3) is 0.375. The van der Waals surface area contributed by atoms with Crippen LogP contribution >= 0.6 is 0 Å². The molecule has 162 valence electrons. The van der Waals surface area contributed by atoms with E-state index in [0.717, 1.165) is 42.3 Å². The lowest BCUT2D eigenvalue weighted by molar-refractivity contribution is 0.245. The summed E-state index contributed by atoms with van der Waals surface area (Å²) >= 11 is 0. The van der Waals surface area contributed by atoms with Gasteiger partial charge in [-0.25, -0.2) is 9.78 Å². The maximum absolute atomic E-state index is 12.5. The Bertz CT molecular complexity index is 1060. The number of amides is 2. The highest BCUT2D eigenvalue weighted by atomic mass is 16.5. The number of methoxy groups -OCH3 is 1. The van der Waals surface area contributed by atoms with Crippen LogP contribution in [0.3, 0.4) is 0 Å². The van der Waals surface area contributed by atoms with Crippen LogP contribution in [0, 0.1) is 0 Å². The number of fused-ring (bicyclic) bond motifs is 1. The molecule has 1 aliphatic rings. The van der Waals surface area contributed by atoms with Gasteiger partial charge >= 0.3 is 6.03 Å². The Balaban J connectivity index is 1.49. The second-order valence-corrected chi connectivity index (χ2v) is 7.99. The molecule has 0 aliphatic heterocycles. The molecule has 1 heterocycles. The number of hydrogen-bond donors (Lipinski definition) is 3. The minimum absolute atomic E-state index is 0.0913. The molecule has 4 rings (SSSR count). The number of benzene rings is 2. The molecular formula is C24H28N4O3. The van der Waals surface area contributed by atoms with E-state index in [9.17, 15) is 9.90 Å². The second kappa shape index (κ2) is 9.64. The molecule has 3 aromatic rings. The molecule has 2 aromatic carbocycles. The van der Waals surface area contributed by atoms with Gasteiger partial charge in [-0.2, -0.15) is 0 Å². The van der Waals surface area contributed by atoms with Crippen LogP contribution < -0.4 is 15.4 Å². The summed E-state index contributed by atoms with van der Waals surface area (Å²) in [5.74, 6) is 0.912. The van der Waals surface area contributed by atoms with Crippen molar-refractivity contribution in [2.75, 3.05) is 12.4 Å². The molecule has 0 bridgehead atoms. The van der Waals surface area contributed by atoms with Gasteiger partial charge in [0.2, 0.25) is 0 Å². The molecule has 0 unspecified atom stereocenters. The van der Waals surface area contributed by atoms with Crippen LogP contribution in [-0.4, -0.2) is 34.3 Å². The maximum Gasteiger partial charge on any atom is 0.320 e. The molecule has 0 spiro atoms. The minimum Gasteiger partial charge on any atom is -0.504 e. The third-order valence-electron chi connectivity index (χ3n) is 5.74. The number of anilines is 1. The quantitative estimate of drug-likeness (QED) is 0.536. The van der Waals surface area contributed by atoms with Crippen LogP contribution in [0.1, 0.15) is 44.9 Å². The van der Waals surface area contributed by atoms with Gasteiger partial charge in [0.25, 0.3) is 0 Å². The van der Waals surface area contributed by atoms with Gasteiger partial charge in [0.05, 0.1) is 24.3 Å². The van der Waals surface area contributed by atoms with Crippen molar-refractivity contribution in [2.24, 2.45) is 0 Å². The van der Waals surface area contributed by atoms with E-state index in [4.69, 9.17) is 4.74 Å².